The van der Waals surface area contributed by atoms with Crippen molar-refractivity contribution in [3.05, 3.63) is 150 Å². The van der Waals surface area contributed by atoms with Crippen molar-refractivity contribution in [1.29, 1.82) is 0 Å². The number of alkyl halides is 1. The maximum absolute atomic E-state index is 13.7. The molecule has 15 rings (SSSR count). The van der Waals surface area contributed by atoms with Gasteiger partial charge in [-0.3, -0.25) is 14.7 Å². The Morgan fingerprint density at radius 1 is 0.389 bits per heavy atom. The van der Waals surface area contributed by atoms with E-state index in [4.69, 9.17) is 46.9 Å². The molecule has 3 aromatic heterocycles. The van der Waals surface area contributed by atoms with E-state index in [2.05, 4.69) is 159 Å². The molecule has 0 unspecified atom stereocenters. The molecular formula is C92H126Cl2FN20O8P3. The largest absolute Gasteiger partial charge is 0.495 e. The Morgan fingerprint density at radius 2 is 0.730 bits per heavy atom. The molecular weight excluding hydrogens is 1700 g/mol. The number of nitrogens with one attached hydrogen (secondary N) is 6. The Hall–Kier alpha value is -9.24. The van der Waals surface area contributed by atoms with Gasteiger partial charge in [0.05, 0.1) is 88.3 Å². The van der Waals surface area contributed by atoms with Crippen LogP contribution >= 0.6 is 44.6 Å². The number of ether oxygens (including phenoxy) is 5. The monoisotopic (exact) mass is 1820 g/mol. The van der Waals surface area contributed by atoms with Crippen molar-refractivity contribution in [2.75, 3.05) is 240 Å². The molecule has 0 spiro atoms. The number of piperidine rings is 3. The highest BCUT2D eigenvalue weighted by molar-refractivity contribution is 7.71. The Kier molecular flexibility index (Phi) is 32.7. The second-order valence-corrected chi connectivity index (χ2v) is 44.3. The number of aromatic nitrogens is 6. The van der Waals surface area contributed by atoms with Gasteiger partial charge in [-0.15, -0.1) is 0 Å². The average Bonchev–Trinajstić information content (AvgIpc) is 1.02. The minimum Gasteiger partial charge on any atom is -0.495 e. The van der Waals surface area contributed by atoms with Crippen LogP contribution in [0.15, 0.2) is 140 Å². The maximum Gasteiger partial charge on any atom is 0.229 e. The molecule has 6 N–H and O–H groups in total. The standard InChI is InChI=1S/C34H49ClN7O3P.C30H42N7O3P.C28H35ClFN6O2P/c1-6-20-46(43,21-7-2)27-9-11-29(32(23-27)45-5)37-33-28(35)24-36-34(39-33)38-30-10-8-26(22-31(30)44-4)41-14-12-25(13-15-41)42-18-16-40(3)17-19-42;1-35-16-18-37(19-17-35)22-12-14-36(15-13-22)23-10-11-24(26(20-23)39-2)33-30-31-21-27(40-3)29(34-30)32-25-8-6-7-9-28(25)41(4,5)38;1-38-25-16-21(35-14-11-20(12-15-35)36-13-10-19(30)18-36)8-9-23(25)33-28-31-17-22(29)27(34-28)32-24-6-4-5-7-26(24)39(2,3)37/h8-11,22-25H,6-7,12-21H2,1-5H3,(H2,36,37,38,39);6-11,20-22H,12-19H2,1-5H3,(H2,31,32,33,34);4-9,16-17,19-20H,10-15,18H2,1-3H3,(H2,31,32,33,34)/t;;19-/m..1/s1. The van der Waals surface area contributed by atoms with Crippen LogP contribution in [0.5, 0.6) is 28.7 Å². The second kappa shape index (κ2) is 43.7. The lowest BCUT2D eigenvalue weighted by molar-refractivity contribution is 0.0982. The fourth-order valence-electron chi connectivity index (χ4n) is 17.5. The van der Waals surface area contributed by atoms with Crippen molar-refractivity contribution >= 4 is 147 Å². The van der Waals surface area contributed by atoms with Crippen molar-refractivity contribution in [3.8, 4) is 28.7 Å². The van der Waals surface area contributed by atoms with Crippen LogP contribution in [0, 0.1) is 0 Å². The molecule has 6 aliphatic rings. The summed E-state index contributed by atoms with van der Waals surface area (Å²) >= 11 is 12.9. The Labute approximate surface area is 753 Å². The first-order valence-electron chi connectivity index (χ1n) is 43.9. The third-order valence-corrected chi connectivity index (χ3v) is 31.8. The molecule has 6 aromatic carbocycles. The number of rotatable bonds is 30. The molecule has 0 saturated carbocycles. The Bertz CT molecular complexity index is 5270. The van der Waals surface area contributed by atoms with Gasteiger partial charge in [0.15, 0.2) is 23.2 Å². The lowest BCUT2D eigenvalue weighted by atomic mass is 10.0. The zero-order valence-electron chi connectivity index (χ0n) is 75.2. The highest BCUT2D eigenvalue weighted by Crippen LogP contribution is 2.48. The van der Waals surface area contributed by atoms with Crippen LogP contribution in [0.3, 0.4) is 0 Å². The van der Waals surface area contributed by atoms with E-state index in [1.165, 1.54) is 58.1 Å². The van der Waals surface area contributed by atoms with Gasteiger partial charge in [0.2, 0.25) is 17.8 Å². The molecule has 34 heteroatoms. The molecule has 6 fully saturated rings. The number of para-hydroxylation sites is 2. The molecule has 6 saturated heterocycles. The number of nitrogens with zero attached hydrogens (tertiary/aromatic N) is 14. The number of methoxy groups -OCH3 is 5. The second-order valence-electron chi connectivity index (χ2n) is 34.0. The molecule has 9 heterocycles. The first kappa shape index (κ1) is 94.4. The molecule has 6 aliphatic heterocycles. The van der Waals surface area contributed by atoms with E-state index in [1.807, 2.05) is 91.0 Å². The first-order chi connectivity index (χ1) is 60.7. The average molecular weight is 1820 g/mol. The van der Waals surface area contributed by atoms with E-state index in [-0.39, 0.29) is 0 Å². The molecule has 9 aromatic rings. The van der Waals surface area contributed by atoms with E-state index >= 15 is 0 Å². The first-order valence-corrected chi connectivity index (χ1v) is 51.9. The van der Waals surface area contributed by atoms with Gasteiger partial charge in [0.1, 0.15) is 60.6 Å². The fourth-order valence-corrected chi connectivity index (χ4v) is 23.0. The third-order valence-electron chi connectivity index (χ3n) is 24.6. The Balaban J connectivity index is 0.000000163. The number of likely N-dealkylation sites (tertiary alicyclic amines) is 1. The zero-order valence-corrected chi connectivity index (χ0v) is 79.4. The van der Waals surface area contributed by atoms with Crippen LogP contribution in [-0.4, -0.2) is 272 Å². The molecule has 0 aliphatic carbocycles. The van der Waals surface area contributed by atoms with Crippen molar-refractivity contribution in [1.82, 2.24) is 54.4 Å². The van der Waals surface area contributed by atoms with Gasteiger partial charge in [0.25, 0.3) is 0 Å². The molecule has 678 valence electrons. The Morgan fingerprint density at radius 3 is 1.10 bits per heavy atom. The number of hydrogen-bond donors (Lipinski definition) is 6. The van der Waals surface area contributed by atoms with Gasteiger partial charge in [-0.05, 0) is 177 Å². The number of hydrogen-bond acceptors (Lipinski definition) is 28. The van der Waals surface area contributed by atoms with Gasteiger partial charge >= 0.3 is 0 Å². The molecule has 126 heavy (non-hydrogen) atoms. The summed E-state index contributed by atoms with van der Waals surface area (Å²) in [6, 6.07) is 40.9. The summed E-state index contributed by atoms with van der Waals surface area (Å²) in [5.74, 6) is 5.59. The molecule has 0 radical (unpaired) electrons. The van der Waals surface area contributed by atoms with Crippen LogP contribution in [0.25, 0.3) is 0 Å². The SMILES string of the molecule is CCCP(=O)(CCC)c1ccc(Nc2nc(Nc3ccc(N4CCC(N5CCN(C)CC5)CC4)cc3OC)ncc2Cl)c(OC)c1.COc1cc(N2CCC(N3CCN(C)CC3)CC2)ccc1Nc1ncc(OC)c(Nc2ccccc2P(C)(C)=O)n1.COc1cc(N2CCC(N3CC[C@@H](F)C3)CC2)ccc1Nc1ncc(Cl)c(Nc2ccccc2P(C)(C)=O)n1. The lowest BCUT2D eigenvalue weighted by Gasteiger charge is -2.42. The van der Waals surface area contributed by atoms with Crippen LogP contribution in [0.2, 0.25) is 10.0 Å². The summed E-state index contributed by atoms with van der Waals surface area (Å²) in [6.45, 7) is 27.8. The van der Waals surface area contributed by atoms with Crippen molar-refractivity contribution in [2.24, 2.45) is 0 Å². The summed E-state index contributed by atoms with van der Waals surface area (Å²) in [5.41, 5.74) is 7.74. The normalized spacial score (nSPS) is 17.6. The summed E-state index contributed by atoms with van der Waals surface area (Å²) < 4.78 is 81.5. The number of anilines is 15. The fraction of sp³-hybridized carbons (Fsp3) is 0.478. The zero-order chi connectivity index (χ0) is 89.2. The smallest absolute Gasteiger partial charge is 0.229 e. The summed E-state index contributed by atoms with van der Waals surface area (Å²) in [7, 11) is 5.07. The molecule has 1 atom stereocenters. The van der Waals surface area contributed by atoms with Crippen LogP contribution in [0.1, 0.15) is 71.6 Å². The van der Waals surface area contributed by atoms with Crippen molar-refractivity contribution < 1.29 is 41.8 Å². The van der Waals surface area contributed by atoms with Crippen LogP contribution in [0.4, 0.5) is 90.9 Å². The topological polar surface area (TPSA) is 273 Å². The van der Waals surface area contributed by atoms with E-state index < -0.39 is 27.6 Å². The molecule has 28 nitrogen and oxygen atoms in total. The minimum absolute atomic E-state index is 0.346. The third kappa shape index (κ3) is 24.4. The van der Waals surface area contributed by atoms with Gasteiger partial charge in [-0.1, -0.05) is 61.3 Å². The van der Waals surface area contributed by atoms with Crippen molar-refractivity contribution in [3.63, 3.8) is 0 Å². The summed E-state index contributed by atoms with van der Waals surface area (Å²) in [6.07, 6.45) is 14.5. The molecule has 0 amide bonds. The van der Waals surface area contributed by atoms with E-state index in [9.17, 15) is 18.1 Å². The van der Waals surface area contributed by atoms with E-state index in [0.717, 1.165) is 159 Å². The predicted octanol–water partition coefficient (Wildman–Crippen LogP) is 17.0. The van der Waals surface area contributed by atoms with Crippen LogP contribution in [-0.2, 0) is 13.7 Å². The van der Waals surface area contributed by atoms with Gasteiger partial charge in [0, 0.05) is 186 Å². The van der Waals surface area contributed by atoms with Crippen LogP contribution < -0.4 is 86.2 Å². The number of likely N-dealkylation sites (N-methyl/N-ethyl adjacent to an activating group) is 2. The van der Waals surface area contributed by atoms with E-state index in [1.54, 1.807) is 74.6 Å². The molecule has 0 bridgehead atoms. The van der Waals surface area contributed by atoms with Gasteiger partial charge in [-0.2, -0.15) is 15.0 Å². The maximum atomic E-state index is 13.7. The number of halogens is 3. The van der Waals surface area contributed by atoms with Gasteiger partial charge < -0.3 is 93.8 Å². The van der Waals surface area contributed by atoms with E-state index in [0.29, 0.717) is 123 Å². The predicted molar refractivity (Wildman–Crippen MR) is 518 cm³/mol. The summed E-state index contributed by atoms with van der Waals surface area (Å²) in [4.78, 5) is 46.8. The van der Waals surface area contributed by atoms with Crippen molar-refractivity contribution in [2.45, 2.75) is 95.9 Å². The minimum atomic E-state index is -2.52. The number of piperazine rings is 2. The highest BCUT2D eigenvalue weighted by atomic mass is 35.5. The van der Waals surface area contributed by atoms with Gasteiger partial charge in [-0.25, -0.2) is 19.3 Å². The number of benzene rings is 6. The summed E-state index contributed by atoms with van der Waals surface area (Å²) in [5, 5.41) is 22.7. The highest BCUT2D eigenvalue weighted by Gasteiger charge is 2.34. The lowest BCUT2D eigenvalue weighted by Crippen LogP contribution is -2.52. The quantitative estimate of drug-likeness (QED) is 0.0228.